The largest absolute Gasteiger partial charge is 0.454 e. The average Bonchev–Trinajstić information content (AvgIpc) is 3.28. The minimum absolute atomic E-state index is 0.144. The molecule has 2 atom stereocenters. The summed E-state index contributed by atoms with van der Waals surface area (Å²) in [5, 5.41) is 11.4. The van der Waals surface area contributed by atoms with E-state index in [1.165, 1.54) is 29.2 Å². The molecular formula is C33H27N3O7. The Hall–Kier alpha value is -5.25. The molecule has 2 aliphatic rings. The van der Waals surface area contributed by atoms with Crippen molar-refractivity contribution in [2.24, 2.45) is 11.8 Å². The number of Topliss-reactive ketones (excluding diaryl/α,β-unsaturated/α-hetero) is 1. The number of nitro groups is 1. The van der Waals surface area contributed by atoms with E-state index in [0.29, 0.717) is 27.8 Å². The fourth-order valence-electron chi connectivity index (χ4n) is 5.92. The maximum atomic E-state index is 13.3. The fraction of sp³-hybridized carbons (Fsp3) is 0.242. The summed E-state index contributed by atoms with van der Waals surface area (Å²) < 4.78 is 5.39. The molecule has 4 aromatic rings. The highest BCUT2D eigenvalue weighted by molar-refractivity contribution is 6.22. The van der Waals surface area contributed by atoms with Crippen molar-refractivity contribution in [2.75, 3.05) is 11.5 Å². The Bertz CT molecular complexity index is 1770. The first-order valence-electron chi connectivity index (χ1n) is 14.1. The Morgan fingerprint density at radius 3 is 2.21 bits per heavy atom. The predicted molar refractivity (Wildman–Crippen MR) is 158 cm³/mol. The molecule has 0 bridgehead atoms. The smallest absolute Gasteiger partial charge is 0.339 e. The molecule has 216 valence electrons. The van der Waals surface area contributed by atoms with Gasteiger partial charge in [-0.3, -0.25) is 29.4 Å². The van der Waals surface area contributed by atoms with Gasteiger partial charge in [0.2, 0.25) is 11.8 Å². The molecular weight excluding hydrogens is 550 g/mol. The third-order valence-electron chi connectivity index (χ3n) is 8.18. The molecule has 43 heavy (non-hydrogen) atoms. The molecule has 10 heteroatoms. The second-order valence-corrected chi connectivity index (χ2v) is 10.9. The van der Waals surface area contributed by atoms with Gasteiger partial charge in [-0.1, -0.05) is 36.6 Å². The molecule has 1 saturated heterocycles. The topological polar surface area (TPSA) is 137 Å². The van der Waals surface area contributed by atoms with Gasteiger partial charge in [0, 0.05) is 28.6 Å². The summed E-state index contributed by atoms with van der Waals surface area (Å²) in [5.74, 6) is -1.99. The number of benzene rings is 3. The second-order valence-electron chi connectivity index (χ2n) is 10.9. The number of nitro benzene ring substituents is 1. The second kappa shape index (κ2) is 11.2. The van der Waals surface area contributed by atoms with Gasteiger partial charge in [-0.15, -0.1) is 0 Å². The van der Waals surface area contributed by atoms with Gasteiger partial charge >= 0.3 is 5.97 Å². The highest BCUT2D eigenvalue weighted by Gasteiger charge is 2.48. The van der Waals surface area contributed by atoms with Gasteiger partial charge in [-0.2, -0.15) is 0 Å². The van der Waals surface area contributed by atoms with E-state index in [1.54, 1.807) is 36.4 Å². The number of non-ortho nitro benzene ring substituents is 1. The number of nitrogens with zero attached hydrogens (tertiary/aromatic N) is 3. The Morgan fingerprint density at radius 1 is 0.930 bits per heavy atom. The van der Waals surface area contributed by atoms with E-state index < -0.39 is 23.3 Å². The number of hydrogen-bond acceptors (Lipinski definition) is 8. The summed E-state index contributed by atoms with van der Waals surface area (Å²) in [5.41, 5.74) is 3.36. The number of ether oxygens (including phenoxy) is 1. The lowest BCUT2D eigenvalue weighted by Crippen LogP contribution is -2.30. The molecule has 1 saturated carbocycles. The molecule has 2 amide bonds. The number of anilines is 1. The molecule has 10 nitrogen and oxygen atoms in total. The van der Waals surface area contributed by atoms with Crippen LogP contribution >= 0.6 is 0 Å². The van der Waals surface area contributed by atoms with Gasteiger partial charge < -0.3 is 4.74 Å². The number of carbonyl (C=O) groups is 4. The Balaban J connectivity index is 1.26. The van der Waals surface area contributed by atoms with Crippen molar-refractivity contribution in [3.05, 3.63) is 99.6 Å². The quantitative estimate of drug-likeness (QED) is 0.0879. The lowest BCUT2D eigenvalue weighted by molar-refractivity contribution is -0.384. The van der Waals surface area contributed by atoms with Gasteiger partial charge in [-0.25, -0.2) is 9.78 Å². The van der Waals surface area contributed by atoms with Crippen molar-refractivity contribution >= 4 is 45.8 Å². The van der Waals surface area contributed by atoms with Crippen molar-refractivity contribution in [2.45, 2.75) is 32.6 Å². The minimum Gasteiger partial charge on any atom is -0.454 e. The minimum atomic E-state index is -0.720. The summed E-state index contributed by atoms with van der Waals surface area (Å²) in [4.78, 5) is 68.3. The highest BCUT2D eigenvalue weighted by Crippen LogP contribution is 2.40. The van der Waals surface area contributed by atoms with E-state index in [-0.39, 0.29) is 40.5 Å². The van der Waals surface area contributed by atoms with Crippen molar-refractivity contribution in [1.82, 2.24) is 4.98 Å². The number of amides is 2. The molecule has 0 unspecified atom stereocenters. The van der Waals surface area contributed by atoms with Crippen LogP contribution in [0.4, 0.5) is 11.4 Å². The lowest BCUT2D eigenvalue weighted by atomic mass is 9.81. The number of hydrogen-bond donors (Lipinski definition) is 0. The number of esters is 1. The molecule has 2 heterocycles. The van der Waals surface area contributed by atoms with Crippen LogP contribution in [-0.2, 0) is 14.3 Å². The van der Waals surface area contributed by atoms with Gasteiger partial charge in [-0.05, 0) is 62.2 Å². The fourth-order valence-corrected chi connectivity index (χ4v) is 5.92. The van der Waals surface area contributed by atoms with E-state index in [9.17, 15) is 29.3 Å². The van der Waals surface area contributed by atoms with Crippen LogP contribution in [0.15, 0.2) is 72.8 Å². The van der Waals surface area contributed by atoms with E-state index in [4.69, 9.17) is 9.72 Å². The van der Waals surface area contributed by atoms with Crippen LogP contribution in [-0.4, -0.2) is 40.1 Å². The normalized spacial score (nSPS) is 18.0. The molecule has 2 fully saturated rings. The third kappa shape index (κ3) is 5.27. The molecule has 3 aromatic carbocycles. The lowest BCUT2D eigenvalue weighted by Gasteiger charge is -2.19. The first kappa shape index (κ1) is 27.9. The van der Waals surface area contributed by atoms with E-state index >= 15 is 0 Å². The maximum absolute atomic E-state index is 13.3. The Labute approximate surface area is 246 Å². The van der Waals surface area contributed by atoms with Crippen molar-refractivity contribution in [3.8, 4) is 11.3 Å². The zero-order valence-electron chi connectivity index (χ0n) is 23.3. The number of pyridine rings is 1. The molecule has 0 radical (unpaired) electrons. The number of aromatic nitrogens is 1. The third-order valence-corrected chi connectivity index (χ3v) is 8.18. The zero-order valence-corrected chi connectivity index (χ0v) is 23.3. The van der Waals surface area contributed by atoms with Crippen LogP contribution in [0.5, 0.6) is 0 Å². The summed E-state index contributed by atoms with van der Waals surface area (Å²) in [6, 6.07) is 19.1. The molecule has 0 N–H and O–H groups in total. The summed E-state index contributed by atoms with van der Waals surface area (Å²) in [6.07, 6.45) is 3.39. The number of carbonyl (C=O) groups excluding carboxylic acids is 4. The van der Waals surface area contributed by atoms with Gasteiger partial charge in [0.1, 0.15) is 0 Å². The van der Waals surface area contributed by atoms with Gasteiger partial charge in [0.25, 0.3) is 5.69 Å². The van der Waals surface area contributed by atoms with Gasteiger partial charge in [0.15, 0.2) is 12.4 Å². The maximum Gasteiger partial charge on any atom is 0.339 e. The van der Waals surface area contributed by atoms with Crippen molar-refractivity contribution in [1.29, 1.82) is 0 Å². The highest BCUT2D eigenvalue weighted by atomic mass is 16.6. The molecule has 1 aliphatic heterocycles. The van der Waals surface area contributed by atoms with Gasteiger partial charge in [0.05, 0.1) is 39.2 Å². The molecule has 6 rings (SSSR count). The van der Waals surface area contributed by atoms with Crippen molar-refractivity contribution < 1.29 is 28.8 Å². The van der Waals surface area contributed by atoms with Crippen LogP contribution in [0.3, 0.4) is 0 Å². The molecule has 0 spiro atoms. The average molecular weight is 578 g/mol. The van der Waals surface area contributed by atoms with Crippen LogP contribution in [0, 0.1) is 28.9 Å². The standard InChI is InChI=1S/C33H27N3O7/c1-19-6-15-28-26(16-19)27(33(40)43-18-30(37)21-9-13-23(14-10-21)36(41)42)17-29(34-28)20-7-11-22(12-8-20)35-31(38)24-4-2-3-5-25(24)32(35)39/h6-17,24-25H,2-5,18H2,1H3/t24-,25+. The first-order valence-corrected chi connectivity index (χ1v) is 14.1. The predicted octanol–water partition coefficient (Wildman–Crippen LogP) is 5.84. The Morgan fingerprint density at radius 2 is 1.58 bits per heavy atom. The number of imide groups is 1. The van der Waals surface area contributed by atoms with E-state index in [0.717, 1.165) is 31.2 Å². The summed E-state index contributed by atoms with van der Waals surface area (Å²) in [7, 11) is 0. The van der Waals surface area contributed by atoms with Crippen LogP contribution in [0.2, 0.25) is 0 Å². The monoisotopic (exact) mass is 577 g/mol. The number of aryl methyl sites for hydroxylation is 1. The molecule has 1 aromatic heterocycles. The van der Waals surface area contributed by atoms with E-state index in [2.05, 4.69) is 0 Å². The number of fused-ring (bicyclic) bond motifs is 2. The van der Waals surface area contributed by atoms with Crippen LogP contribution in [0.1, 0.15) is 52.0 Å². The number of rotatable bonds is 7. The SMILES string of the molecule is Cc1ccc2nc(-c3ccc(N4C(=O)[C@H]5CCCC[C@H]5C4=O)cc3)cc(C(=O)OCC(=O)c3ccc([N+](=O)[O-])cc3)c2c1. The summed E-state index contributed by atoms with van der Waals surface area (Å²) in [6.45, 7) is 1.34. The van der Waals surface area contributed by atoms with Crippen LogP contribution < -0.4 is 4.90 Å². The number of ketones is 1. The first-order chi connectivity index (χ1) is 20.7. The van der Waals surface area contributed by atoms with Crippen molar-refractivity contribution in [3.63, 3.8) is 0 Å². The zero-order chi connectivity index (χ0) is 30.2. The van der Waals surface area contributed by atoms with Crippen LogP contribution in [0.25, 0.3) is 22.2 Å². The summed E-state index contributed by atoms with van der Waals surface area (Å²) >= 11 is 0. The van der Waals surface area contributed by atoms with E-state index in [1.807, 2.05) is 19.1 Å². The molecule has 1 aliphatic carbocycles. The Kier molecular flexibility index (Phi) is 7.27.